The van der Waals surface area contributed by atoms with E-state index in [1.54, 1.807) is 0 Å². The van der Waals surface area contributed by atoms with Crippen molar-refractivity contribution in [1.29, 1.82) is 0 Å². The van der Waals surface area contributed by atoms with Crippen LogP contribution in [-0.2, 0) is 25.6 Å². The van der Waals surface area contributed by atoms with Crippen molar-refractivity contribution in [2.75, 3.05) is 0 Å². The minimum absolute atomic E-state index is 0. The molecule has 7 heavy (non-hydrogen) atoms. The second-order valence-electron chi connectivity index (χ2n) is 0.421. The molecule has 0 atom stereocenters. The van der Waals surface area contributed by atoms with E-state index in [1.165, 1.54) is 11.1 Å². The van der Waals surface area contributed by atoms with Crippen molar-refractivity contribution < 1.29 is 9.12 Å². The molecule has 0 amide bonds. The molecule has 0 aliphatic rings. The Hall–Kier alpha value is 1.16. The Labute approximate surface area is 74.8 Å². The summed E-state index contributed by atoms with van der Waals surface area (Å²) in [6.45, 7) is 0. The van der Waals surface area contributed by atoms with Gasteiger partial charge in [-0.3, -0.25) is 0 Å². The Balaban J connectivity index is -0.0000000800. The first-order chi connectivity index (χ1) is 2.41. The molecule has 2 nitrogen and oxygen atoms in total. The van der Waals surface area contributed by atoms with Crippen LogP contribution in [0.5, 0.6) is 0 Å². The summed E-state index contributed by atoms with van der Waals surface area (Å²) >= 11 is 8.59. The van der Waals surface area contributed by atoms with E-state index in [0.29, 0.717) is 0 Å². The average molecular weight is 270 g/mol. The molecule has 0 aromatic heterocycles. The van der Waals surface area contributed by atoms with Crippen LogP contribution in [0.2, 0.25) is 0 Å². The summed E-state index contributed by atoms with van der Waals surface area (Å²) in [7, 11) is 0. The van der Waals surface area contributed by atoms with Crippen molar-refractivity contribution in [3.63, 3.8) is 0 Å². The van der Waals surface area contributed by atoms with Gasteiger partial charge in [-0.1, -0.05) is 0 Å². The van der Waals surface area contributed by atoms with Crippen LogP contribution in [0.15, 0.2) is 0 Å². The maximum absolute atomic E-state index is 4.34. The van der Waals surface area contributed by atoms with Crippen LogP contribution >= 0.6 is 34.0 Å². The zero-order valence-electron chi connectivity index (χ0n) is 3.29. The first kappa shape index (κ1) is 15.7. The van der Waals surface area contributed by atoms with Gasteiger partial charge in [-0.2, -0.15) is 0 Å². The Morgan fingerprint density at radius 1 is 1.43 bits per heavy atom. The van der Waals surface area contributed by atoms with E-state index in [9.17, 15) is 0 Å². The van der Waals surface area contributed by atoms with Crippen molar-refractivity contribution in [1.82, 2.24) is 0 Å². The molecule has 0 saturated heterocycles. The standard InChI is InChI=1S/CH4N2S2.2BrH/c4-2-1-3-5;;/h1-2H,3H2;2*1H. The fraction of sp³-hybridized carbons (Fsp3) is 0. The van der Waals surface area contributed by atoms with Crippen LogP contribution in [0.4, 0.5) is 0 Å². The van der Waals surface area contributed by atoms with E-state index in [0.717, 1.165) is 0 Å². The van der Waals surface area contributed by atoms with Crippen molar-refractivity contribution >= 4 is 65.9 Å². The molecule has 0 rings (SSSR count). The minimum atomic E-state index is 0. The lowest BCUT2D eigenvalue weighted by atomic mass is 11.4. The number of nitrogens with one attached hydrogen (secondary N) is 1. The molecule has 0 aromatic rings. The van der Waals surface area contributed by atoms with Crippen LogP contribution in [0.1, 0.15) is 0 Å². The fourth-order valence-electron chi connectivity index (χ4n) is 0.0278. The van der Waals surface area contributed by atoms with Gasteiger partial charge in [-0.05, 0) is 0 Å². The van der Waals surface area contributed by atoms with Crippen LogP contribution in [0, 0.1) is 0 Å². The van der Waals surface area contributed by atoms with E-state index in [2.05, 4.69) is 30.0 Å². The Kier molecular flexibility index (Phi) is 35.2. The zero-order valence-corrected chi connectivity index (χ0v) is 8.35. The van der Waals surface area contributed by atoms with Gasteiger partial charge in [0, 0.05) is 0 Å². The molecule has 0 saturated carbocycles. The molecule has 0 unspecified atom stereocenters. The molecule has 0 spiro atoms. The van der Waals surface area contributed by atoms with Gasteiger partial charge in [0.1, 0.15) is 0 Å². The van der Waals surface area contributed by atoms with E-state index in [-0.39, 0.29) is 34.0 Å². The summed E-state index contributed by atoms with van der Waals surface area (Å²) in [6.07, 6.45) is 1.50. The molecule has 0 heterocycles. The van der Waals surface area contributed by atoms with Gasteiger partial charge < -0.3 is 34.7 Å². The molecule has 0 radical (unpaired) electrons. The monoisotopic (exact) mass is 268 g/mol. The average Bonchev–Trinajstić information content (AvgIpc) is 1.41. The highest BCUT2D eigenvalue weighted by Gasteiger charge is 1.46. The molecule has 46 valence electrons. The number of rotatable bonds is 1. The summed E-state index contributed by atoms with van der Waals surface area (Å²) in [5, 5.41) is 0. The third kappa shape index (κ3) is 19.1. The van der Waals surface area contributed by atoms with Crippen molar-refractivity contribution in [2.45, 2.75) is 0 Å². The van der Waals surface area contributed by atoms with Crippen molar-refractivity contribution in [2.24, 2.45) is 0 Å². The second-order valence-corrected chi connectivity index (χ2v) is 0.928. The Morgan fingerprint density at radius 2 is 1.86 bits per heavy atom. The number of quaternary nitrogens is 1. The molecular formula is CH6Br2N2S2. The van der Waals surface area contributed by atoms with Crippen LogP contribution in [-0.4, -0.2) is 6.34 Å². The third-order valence-electron chi connectivity index (χ3n) is 0.136. The predicted octanol–water partition coefficient (Wildman–Crippen LogP) is -2.26. The number of nitrogens with two attached hydrogens (primary N) is 1. The number of halogens is 2. The van der Waals surface area contributed by atoms with Gasteiger partial charge >= 0.3 is 0 Å². The van der Waals surface area contributed by atoms with Crippen LogP contribution in [0.3, 0.4) is 0 Å². The van der Waals surface area contributed by atoms with Gasteiger partial charge in [0.2, 0.25) is 0 Å². The highest BCUT2D eigenvalue weighted by molar-refractivity contribution is 8.93. The highest BCUT2D eigenvalue weighted by atomic mass is 79.9. The van der Waals surface area contributed by atoms with Gasteiger partial charge in [-0.15, -0.1) is 34.0 Å². The summed E-state index contributed by atoms with van der Waals surface area (Å²) in [5.41, 5.74) is 0. The summed E-state index contributed by atoms with van der Waals surface area (Å²) in [5.74, 6) is 0. The maximum Gasteiger partial charge on any atom is 0.289 e. The van der Waals surface area contributed by atoms with E-state index in [4.69, 9.17) is 0 Å². The quantitative estimate of drug-likeness (QED) is 0.320. The van der Waals surface area contributed by atoms with Crippen LogP contribution in [0.25, 0.3) is 0 Å². The van der Waals surface area contributed by atoms with Gasteiger partial charge in [0.05, 0.1) is 0 Å². The molecule has 0 bridgehead atoms. The summed E-state index contributed by atoms with van der Waals surface area (Å²) < 4.78 is 3.74. The van der Waals surface area contributed by atoms with Gasteiger partial charge in [0.25, 0.3) is 6.34 Å². The number of hydrogen-bond donors (Lipinski definition) is 2. The Morgan fingerprint density at radius 3 is 1.86 bits per heavy atom. The topological polar surface area (TPSA) is 30.6 Å². The molecule has 0 aromatic carbocycles. The lowest BCUT2D eigenvalue weighted by molar-refractivity contribution is -0.405. The summed E-state index contributed by atoms with van der Waals surface area (Å²) in [4.78, 5) is 0. The Bertz CT molecular complexity index is 40.7. The van der Waals surface area contributed by atoms with Crippen molar-refractivity contribution in [3.05, 3.63) is 0 Å². The molecular weight excluding hydrogens is 264 g/mol. The maximum atomic E-state index is 4.34. The molecule has 0 aliphatic carbocycles. The smallest absolute Gasteiger partial charge is 0.289 e. The third-order valence-corrected chi connectivity index (χ3v) is 0.408. The summed E-state index contributed by atoms with van der Waals surface area (Å²) in [6, 6.07) is 0. The minimum Gasteiger partial charge on any atom is -0.487 e. The first-order valence-corrected chi connectivity index (χ1v) is 1.94. The SMILES string of the molecule is Br.Br.[S-][NH+]=C[NH2+][S-]. The highest BCUT2D eigenvalue weighted by Crippen LogP contribution is 0.847. The first-order valence-electron chi connectivity index (χ1n) is 1.06. The van der Waals surface area contributed by atoms with E-state index >= 15 is 0 Å². The molecule has 6 heteroatoms. The van der Waals surface area contributed by atoms with E-state index in [1.807, 2.05) is 0 Å². The second kappa shape index (κ2) is 15.7. The predicted molar refractivity (Wildman–Crippen MR) is 44.3 cm³/mol. The lowest BCUT2D eigenvalue weighted by Gasteiger charge is -1.81. The van der Waals surface area contributed by atoms with E-state index < -0.39 is 0 Å². The van der Waals surface area contributed by atoms with Crippen molar-refractivity contribution in [3.8, 4) is 0 Å². The number of hydrogen-bond acceptors (Lipinski definition) is 2. The zero-order chi connectivity index (χ0) is 4.12. The molecule has 0 fully saturated rings. The largest absolute Gasteiger partial charge is 0.487 e. The lowest BCUT2D eigenvalue weighted by Crippen LogP contribution is -2.87. The molecule has 3 N–H and O–H groups in total. The van der Waals surface area contributed by atoms with Gasteiger partial charge in [-0.25, -0.2) is 0 Å². The van der Waals surface area contributed by atoms with Gasteiger partial charge in [0.15, 0.2) is 0 Å². The molecule has 0 aliphatic heterocycles. The fourth-order valence-corrected chi connectivity index (χ4v) is 0.250. The normalized spacial score (nSPS) is 7.00. The van der Waals surface area contributed by atoms with Crippen LogP contribution < -0.4 is 9.12 Å².